The number of nitro groups is 1. The fourth-order valence-electron chi connectivity index (χ4n) is 5.10. The number of nitrogens with zero attached hydrogens (tertiary/aromatic N) is 1. The van der Waals surface area contributed by atoms with E-state index in [0.29, 0.717) is 5.56 Å². The molecule has 0 aliphatic carbocycles. The van der Waals surface area contributed by atoms with Gasteiger partial charge >= 0.3 is 0 Å². The average Bonchev–Trinajstić information content (AvgIpc) is 3.37. The lowest BCUT2D eigenvalue weighted by Crippen LogP contribution is -2.46. The zero-order valence-electron chi connectivity index (χ0n) is 21.4. The van der Waals surface area contributed by atoms with E-state index in [1.54, 1.807) is 71.9 Å². The lowest BCUT2D eigenvalue weighted by atomic mass is 9.88. The van der Waals surface area contributed by atoms with E-state index in [9.17, 15) is 18.5 Å². The summed E-state index contributed by atoms with van der Waals surface area (Å²) in [7, 11) is -4.43. The Kier molecular flexibility index (Phi) is 7.52. The third-order valence-corrected chi connectivity index (χ3v) is 8.45. The number of rotatable bonds is 9. The van der Waals surface area contributed by atoms with Crippen molar-refractivity contribution in [2.24, 2.45) is 11.8 Å². The molecule has 3 aliphatic rings. The first-order chi connectivity index (χ1) is 16.7. The van der Waals surface area contributed by atoms with Gasteiger partial charge in [0.05, 0.1) is 6.61 Å². The van der Waals surface area contributed by atoms with Gasteiger partial charge in [-0.15, -0.1) is 0 Å². The maximum Gasteiger partial charge on any atom is 0.275 e. The smallest absolute Gasteiger partial charge is 0.275 e. The van der Waals surface area contributed by atoms with Crippen LogP contribution in [0.15, 0.2) is 30.3 Å². The molecule has 0 radical (unpaired) electrons. The van der Waals surface area contributed by atoms with Crippen molar-refractivity contribution in [2.45, 2.75) is 89.1 Å². The van der Waals surface area contributed by atoms with Gasteiger partial charge in [0.25, 0.3) is 10.1 Å². The summed E-state index contributed by atoms with van der Waals surface area (Å²) < 4.78 is 63.4. The molecular formula is C24H35NO10S. The van der Waals surface area contributed by atoms with Gasteiger partial charge in [-0.1, -0.05) is 44.2 Å². The molecule has 36 heavy (non-hydrogen) atoms. The SMILES string of the molecule is CC(C)[C@H](C[N+](=O)[O-])[C@H](c1ccccc1)S(=O)(=O)O[C@H]1[C@H]2OC(C)(C)O[C@H]2O[C@@H]1[C@H]1COC(C)(C)O1. The summed E-state index contributed by atoms with van der Waals surface area (Å²) in [5, 5.41) is 10.2. The van der Waals surface area contributed by atoms with Gasteiger partial charge in [0, 0.05) is 10.8 Å². The molecule has 3 fully saturated rings. The van der Waals surface area contributed by atoms with Gasteiger partial charge in [-0.3, -0.25) is 14.3 Å². The number of benzene rings is 1. The maximum atomic E-state index is 14.0. The predicted octanol–water partition coefficient (Wildman–Crippen LogP) is 3.02. The van der Waals surface area contributed by atoms with Crippen LogP contribution in [0.3, 0.4) is 0 Å². The van der Waals surface area contributed by atoms with Crippen molar-refractivity contribution in [1.82, 2.24) is 0 Å². The molecule has 11 nitrogen and oxygen atoms in total. The molecule has 0 unspecified atom stereocenters. The van der Waals surface area contributed by atoms with Crippen LogP contribution < -0.4 is 0 Å². The van der Waals surface area contributed by atoms with Gasteiger partial charge < -0.3 is 23.7 Å². The Labute approximate surface area is 211 Å². The highest BCUT2D eigenvalue weighted by Gasteiger charge is 2.60. The standard InChI is InChI=1S/C24H35NO10S/c1-14(2)16(12-25(26)27)21(15-10-8-7-9-11-15)36(28,29)35-19-18(17-13-30-23(3,4)32-17)31-22-20(19)33-24(5,6)34-22/h7-11,14,16-22H,12-13H2,1-6H3/t16-,17+,18+,19+,20+,21-,22+/m0/s1. The van der Waals surface area contributed by atoms with Gasteiger partial charge in [0.2, 0.25) is 6.54 Å². The van der Waals surface area contributed by atoms with Crippen molar-refractivity contribution in [3.05, 3.63) is 46.0 Å². The summed E-state index contributed by atoms with van der Waals surface area (Å²) in [6, 6.07) is 8.42. The van der Waals surface area contributed by atoms with Crippen LogP contribution in [0.5, 0.6) is 0 Å². The van der Waals surface area contributed by atoms with Gasteiger partial charge in [-0.25, -0.2) is 0 Å². The predicted molar refractivity (Wildman–Crippen MR) is 127 cm³/mol. The van der Waals surface area contributed by atoms with E-state index in [0.717, 1.165) is 0 Å². The van der Waals surface area contributed by atoms with Gasteiger partial charge in [0.1, 0.15) is 29.7 Å². The van der Waals surface area contributed by atoms with Gasteiger partial charge in [-0.05, 0) is 39.2 Å². The zero-order valence-corrected chi connectivity index (χ0v) is 22.2. The lowest BCUT2D eigenvalue weighted by molar-refractivity contribution is -0.489. The zero-order chi connectivity index (χ0) is 26.5. The van der Waals surface area contributed by atoms with E-state index in [-0.39, 0.29) is 12.5 Å². The molecule has 0 saturated carbocycles. The van der Waals surface area contributed by atoms with Crippen LogP contribution in [0.1, 0.15) is 52.4 Å². The normalized spacial score (nSPS) is 32.9. The van der Waals surface area contributed by atoms with Gasteiger partial charge in [-0.2, -0.15) is 8.42 Å². The first-order valence-electron chi connectivity index (χ1n) is 12.1. The fourth-order valence-corrected chi connectivity index (χ4v) is 7.07. The van der Waals surface area contributed by atoms with Crippen molar-refractivity contribution >= 4 is 10.1 Å². The molecule has 3 saturated heterocycles. The van der Waals surface area contributed by atoms with Crippen LogP contribution in [0.25, 0.3) is 0 Å². The van der Waals surface area contributed by atoms with Crippen molar-refractivity contribution in [1.29, 1.82) is 0 Å². The Morgan fingerprint density at radius 2 is 1.72 bits per heavy atom. The summed E-state index contributed by atoms with van der Waals surface area (Å²) >= 11 is 0. The highest BCUT2D eigenvalue weighted by Crippen LogP contribution is 2.44. The van der Waals surface area contributed by atoms with Crippen LogP contribution in [0.4, 0.5) is 0 Å². The number of hydrogen-bond donors (Lipinski definition) is 0. The quantitative estimate of drug-likeness (QED) is 0.267. The van der Waals surface area contributed by atoms with Crippen LogP contribution in [-0.4, -0.2) is 68.8 Å². The monoisotopic (exact) mass is 529 g/mol. The summed E-state index contributed by atoms with van der Waals surface area (Å²) in [6.07, 6.45) is -4.32. The molecule has 7 atom stereocenters. The Balaban J connectivity index is 1.70. The lowest BCUT2D eigenvalue weighted by Gasteiger charge is -2.32. The number of fused-ring (bicyclic) bond motifs is 1. The Bertz CT molecular complexity index is 1040. The summed E-state index contributed by atoms with van der Waals surface area (Å²) in [4.78, 5) is 11.0. The maximum absolute atomic E-state index is 14.0. The van der Waals surface area contributed by atoms with Crippen LogP contribution in [-0.2, 0) is 38.0 Å². The van der Waals surface area contributed by atoms with Crippen LogP contribution >= 0.6 is 0 Å². The molecule has 1 aromatic rings. The topological polar surface area (TPSA) is 133 Å². The molecule has 0 aromatic heterocycles. The van der Waals surface area contributed by atoms with E-state index >= 15 is 0 Å². The first kappa shape index (κ1) is 27.4. The Hall–Kier alpha value is -1.67. The number of hydrogen-bond acceptors (Lipinski definition) is 10. The summed E-state index contributed by atoms with van der Waals surface area (Å²) in [6.45, 7) is 10.1. The highest BCUT2D eigenvalue weighted by atomic mass is 32.2. The molecule has 1 aromatic carbocycles. The molecule has 3 aliphatic heterocycles. The Morgan fingerprint density at radius 3 is 2.28 bits per heavy atom. The molecule has 0 amide bonds. The number of ether oxygens (including phenoxy) is 5. The van der Waals surface area contributed by atoms with Crippen molar-refractivity contribution in [3.8, 4) is 0 Å². The fraction of sp³-hybridized carbons (Fsp3) is 0.750. The molecular weight excluding hydrogens is 494 g/mol. The minimum Gasteiger partial charge on any atom is -0.348 e. The van der Waals surface area contributed by atoms with E-state index < -0.39 is 75.0 Å². The van der Waals surface area contributed by atoms with E-state index in [1.165, 1.54) is 0 Å². The molecule has 4 rings (SSSR count). The largest absolute Gasteiger partial charge is 0.348 e. The molecule has 202 valence electrons. The van der Waals surface area contributed by atoms with Crippen molar-refractivity contribution in [2.75, 3.05) is 13.2 Å². The highest BCUT2D eigenvalue weighted by molar-refractivity contribution is 7.87. The molecule has 12 heteroatoms. The van der Waals surface area contributed by atoms with Gasteiger partial charge in [0.15, 0.2) is 17.9 Å². The molecule has 3 heterocycles. The van der Waals surface area contributed by atoms with E-state index in [1.807, 2.05) is 0 Å². The molecule has 0 bridgehead atoms. The third-order valence-electron chi connectivity index (χ3n) is 6.71. The van der Waals surface area contributed by atoms with Crippen molar-refractivity contribution < 1.29 is 41.2 Å². The first-order valence-corrected chi connectivity index (χ1v) is 13.6. The van der Waals surface area contributed by atoms with E-state index in [2.05, 4.69) is 0 Å². The second-order valence-corrected chi connectivity index (χ2v) is 12.4. The van der Waals surface area contributed by atoms with Crippen molar-refractivity contribution in [3.63, 3.8) is 0 Å². The Morgan fingerprint density at radius 1 is 1.06 bits per heavy atom. The second-order valence-electron chi connectivity index (χ2n) is 10.7. The van der Waals surface area contributed by atoms with E-state index in [4.69, 9.17) is 27.9 Å². The van der Waals surface area contributed by atoms with Crippen LogP contribution in [0.2, 0.25) is 0 Å². The van der Waals surface area contributed by atoms with Crippen LogP contribution in [0, 0.1) is 22.0 Å². The molecule has 0 spiro atoms. The average molecular weight is 530 g/mol. The third kappa shape index (κ3) is 5.74. The summed E-state index contributed by atoms with van der Waals surface area (Å²) in [5.74, 6) is -3.05. The second kappa shape index (κ2) is 9.90. The summed E-state index contributed by atoms with van der Waals surface area (Å²) in [5.41, 5.74) is 0.413. The molecule has 0 N–H and O–H groups in total. The minimum atomic E-state index is -4.43. The minimum absolute atomic E-state index is 0.165.